The van der Waals surface area contributed by atoms with Crippen LogP contribution in [0.3, 0.4) is 0 Å². The number of imidazole rings is 1. The van der Waals surface area contributed by atoms with Crippen LogP contribution in [0.4, 0.5) is 0 Å². The molecule has 5 nitrogen and oxygen atoms in total. The molecule has 0 atom stereocenters. The van der Waals surface area contributed by atoms with E-state index in [-0.39, 0.29) is 0 Å². The van der Waals surface area contributed by atoms with Gasteiger partial charge in [-0.2, -0.15) is 0 Å². The molecule has 1 aromatic heterocycles. The van der Waals surface area contributed by atoms with Gasteiger partial charge in [0.15, 0.2) is 11.4 Å². The molecule has 0 radical (unpaired) electrons. The number of hydrogen-bond donors (Lipinski definition) is 0. The Morgan fingerprint density at radius 1 is 1.35 bits per heavy atom. The predicted octanol–water partition coefficient (Wildman–Crippen LogP) is 2.49. The van der Waals surface area contributed by atoms with Crippen molar-refractivity contribution in [1.29, 1.82) is 0 Å². The molecule has 2 aromatic rings. The molecule has 3 rings (SSSR count). The Kier molecular flexibility index (Phi) is 3.40. The molecule has 1 aromatic carbocycles. The highest BCUT2D eigenvalue weighted by molar-refractivity contribution is 7.99. The maximum absolute atomic E-state index is 11.4. The fourth-order valence-corrected chi connectivity index (χ4v) is 3.27. The van der Waals surface area contributed by atoms with E-state index in [1.54, 1.807) is 32.0 Å². The van der Waals surface area contributed by atoms with Crippen molar-refractivity contribution >= 4 is 18.0 Å². The van der Waals surface area contributed by atoms with E-state index in [1.807, 2.05) is 16.7 Å². The second-order valence-electron chi connectivity index (χ2n) is 4.31. The monoisotopic (exact) mass is 290 g/mol. The van der Waals surface area contributed by atoms with E-state index in [0.717, 1.165) is 29.3 Å². The van der Waals surface area contributed by atoms with Gasteiger partial charge in [0.05, 0.1) is 14.2 Å². The molecule has 6 heteroatoms. The lowest BCUT2D eigenvalue weighted by Gasteiger charge is -2.09. The van der Waals surface area contributed by atoms with Gasteiger partial charge < -0.3 is 14.0 Å². The molecule has 0 fully saturated rings. The number of ether oxygens (including phenoxy) is 2. The van der Waals surface area contributed by atoms with Crippen LogP contribution in [0.2, 0.25) is 0 Å². The SMILES string of the molecule is COc1ccc(-c2nc3n(c2C=O)CCS3)c(OC)c1. The number of carbonyl (C=O) groups excluding carboxylic acids is 1. The Hall–Kier alpha value is -1.95. The summed E-state index contributed by atoms with van der Waals surface area (Å²) in [6.45, 7) is 0.819. The zero-order chi connectivity index (χ0) is 14.1. The van der Waals surface area contributed by atoms with Crippen LogP contribution in [0.1, 0.15) is 10.5 Å². The van der Waals surface area contributed by atoms with Crippen LogP contribution in [0.5, 0.6) is 11.5 Å². The lowest BCUT2D eigenvalue weighted by Crippen LogP contribution is -2.00. The van der Waals surface area contributed by atoms with E-state index in [4.69, 9.17) is 9.47 Å². The molecule has 0 amide bonds. The Balaban J connectivity index is 2.16. The molecule has 1 aliphatic heterocycles. The van der Waals surface area contributed by atoms with Gasteiger partial charge in [0.1, 0.15) is 22.9 Å². The summed E-state index contributed by atoms with van der Waals surface area (Å²) in [6.07, 6.45) is 0.862. The van der Waals surface area contributed by atoms with Gasteiger partial charge in [0, 0.05) is 23.9 Å². The van der Waals surface area contributed by atoms with Crippen molar-refractivity contribution in [2.45, 2.75) is 11.7 Å². The summed E-state index contributed by atoms with van der Waals surface area (Å²) in [5.41, 5.74) is 2.08. The van der Waals surface area contributed by atoms with Crippen LogP contribution in [-0.4, -0.2) is 35.8 Å². The van der Waals surface area contributed by atoms with Crippen LogP contribution in [-0.2, 0) is 6.54 Å². The number of rotatable bonds is 4. The van der Waals surface area contributed by atoms with Gasteiger partial charge in [-0.15, -0.1) is 0 Å². The first-order valence-corrected chi connectivity index (χ1v) is 7.18. The summed E-state index contributed by atoms with van der Waals surface area (Å²) >= 11 is 1.66. The van der Waals surface area contributed by atoms with E-state index >= 15 is 0 Å². The molecule has 0 bridgehead atoms. The van der Waals surface area contributed by atoms with Gasteiger partial charge in [-0.3, -0.25) is 4.79 Å². The standard InChI is InChI=1S/C14H14N2O3S/c1-18-9-3-4-10(12(7-9)19-2)13-11(8-17)16-5-6-20-14(16)15-13/h3-4,7-8H,5-6H2,1-2H3. The Morgan fingerprint density at radius 3 is 2.90 bits per heavy atom. The first-order chi connectivity index (χ1) is 9.78. The smallest absolute Gasteiger partial charge is 0.169 e. The lowest BCUT2D eigenvalue weighted by molar-refractivity contribution is 0.111. The van der Waals surface area contributed by atoms with Crippen LogP contribution < -0.4 is 9.47 Å². The predicted molar refractivity (Wildman–Crippen MR) is 76.9 cm³/mol. The van der Waals surface area contributed by atoms with Gasteiger partial charge in [-0.05, 0) is 12.1 Å². The van der Waals surface area contributed by atoms with Crippen LogP contribution >= 0.6 is 11.8 Å². The zero-order valence-electron chi connectivity index (χ0n) is 11.3. The number of hydrogen-bond acceptors (Lipinski definition) is 5. The van der Waals surface area contributed by atoms with Crippen LogP contribution in [0, 0.1) is 0 Å². The quantitative estimate of drug-likeness (QED) is 0.810. The number of aldehydes is 1. The fourth-order valence-electron chi connectivity index (χ4n) is 2.31. The second kappa shape index (κ2) is 5.20. The third-order valence-electron chi connectivity index (χ3n) is 3.29. The highest BCUT2D eigenvalue weighted by Crippen LogP contribution is 2.37. The Bertz CT molecular complexity index is 667. The van der Waals surface area contributed by atoms with Gasteiger partial charge >= 0.3 is 0 Å². The largest absolute Gasteiger partial charge is 0.497 e. The van der Waals surface area contributed by atoms with E-state index in [2.05, 4.69) is 4.98 Å². The fraction of sp³-hybridized carbons (Fsp3) is 0.286. The molecular weight excluding hydrogens is 276 g/mol. The highest BCUT2D eigenvalue weighted by Gasteiger charge is 2.24. The molecule has 104 valence electrons. The Morgan fingerprint density at radius 2 is 2.20 bits per heavy atom. The lowest BCUT2D eigenvalue weighted by atomic mass is 10.1. The third-order valence-corrected chi connectivity index (χ3v) is 4.25. The van der Waals surface area contributed by atoms with E-state index in [0.29, 0.717) is 22.9 Å². The van der Waals surface area contributed by atoms with Crippen molar-refractivity contribution in [2.75, 3.05) is 20.0 Å². The number of benzene rings is 1. The average molecular weight is 290 g/mol. The average Bonchev–Trinajstić information content (AvgIpc) is 3.06. The summed E-state index contributed by atoms with van der Waals surface area (Å²) < 4.78 is 12.5. The van der Waals surface area contributed by atoms with E-state index in [1.165, 1.54) is 0 Å². The molecule has 0 saturated carbocycles. The first kappa shape index (κ1) is 13.1. The number of aromatic nitrogens is 2. The topological polar surface area (TPSA) is 53.4 Å². The first-order valence-electron chi connectivity index (χ1n) is 6.19. The van der Waals surface area contributed by atoms with Crippen molar-refractivity contribution in [3.8, 4) is 22.8 Å². The summed E-state index contributed by atoms with van der Waals surface area (Å²) in [5, 5.41) is 0.889. The molecule has 0 saturated heterocycles. The maximum Gasteiger partial charge on any atom is 0.169 e. The van der Waals surface area contributed by atoms with Gasteiger partial charge in [0.2, 0.25) is 0 Å². The molecule has 0 unspecified atom stereocenters. The third kappa shape index (κ3) is 1.96. The molecule has 0 aliphatic carbocycles. The van der Waals surface area contributed by atoms with Crippen molar-refractivity contribution in [2.24, 2.45) is 0 Å². The number of fused-ring (bicyclic) bond motifs is 1. The Labute approximate surface area is 120 Å². The normalized spacial score (nSPS) is 13.1. The minimum atomic E-state index is 0.605. The summed E-state index contributed by atoms with van der Waals surface area (Å²) in [4.78, 5) is 16.0. The summed E-state index contributed by atoms with van der Waals surface area (Å²) in [6, 6.07) is 5.50. The molecule has 2 heterocycles. The minimum Gasteiger partial charge on any atom is -0.497 e. The number of thioether (sulfide) groups is 1. The van der Waals surface area contributed by atoms with E-state index in [9.17, 15) is 4.79 Å². The number of methoxy groups -OCH3 is 2. The van der Waals surface area contributed by atoms with Crippen LogP contribution in [0.15, 0.2) is 23.4 Å². The number of nitrogens with zero attached hydrogens (tertiary/aromatic N) is 2. The molecular formula is C14H14N2O3S. The van der Waals surface area contributed by atoms with Crippen molar-refractivity contribution in [3.63, 3.8) is 0 Å². The minimum absolute atomic E-state index is 0.605. The van der Waals surface area contributed by atoms with Crippen molar-refractivity contribution < 1.29 is 14.3 Å². The summed E-state index contributed by atoms with van der Waals surface area (Å²) in [5.74, 6) is 2.32. The molecule has 1 aliphatic rings. The highest BCUT2D eigenvalue weighted by atomic mass is 32.2. The van der Waals surface area contributed by atoms with Crippen molar-refractivity contribution in [3.05, 3.63) is 23.9 Å². The van der Waals surface area contributed by atoms with Gasteiger partial charge in [0.25, 0.3) is 0 Å². The molecule has 0 spiro atoms. The van der Waals surface area contributed by atoms with Crippen LogP contribution in [0.25, 0.3) is 11.3 Å². The van der Waals surface area contributed by atoms with Crippen molar-refractivity contribution in [1.82, 2.24) is 9.55 Å². The van der Waals surface area contributed by atoms with E-state index < -0.39 is 0 Å². The molecule has 0 N–H and O–H groups in total. The number of carbonyl (C=O) groups is 1. The van der Waals surface area contributed by atoms with Gasteiger partial charge in [-0.1, -0.05) is 11.8 Å². The van der Waals surface area contributed by atoms with Gasteiger partial charge in [-0.25, -0.2) is 4.98 Å². The summed E-state index contributed by atoms with van der Waals surface area (Å²) in [7, 11) is 3.20. The molecule has 20 heavy (non-hydrogen) atoms. The zero-order valence-corrected chi connectivity index (χ0v) is 12.1. The maximum atomic E-state index is 11.4. The second-order valence-corrected chi connectivity index (χ2v) is 5.37.